The molecule has 5 heteroatoms. The van der Waals surface area contributed by atoms with Gasteiger partial charge in [-0.3, -0.25) is 0 Å². The minimum absolute atomic E-state index is 0.0716. The van der Waals surface area contributed by atoms with Crippen molar-refractivity contribution in [3.8, 4) is 11.5 Å². The first-order valence-electron chi connectivity index (χ1n) is 10.1. The van der Waals surface area contributed by atoms with E-state index in [1.807, 2.05) is 30.3 Å². The first-order valence-corrected chi connectivity index (χ1v) is 10.1. The Morgan fingerprint density at radius 1 is 1.21 bits per heavy atom. The Bertz CT molecular complexity index is 970. The fourth-order valence-corrected chi connectivity index (χ4v) is 4.93. The van der Waals surface area contributed by atoms with Gasteiger partial charge in [-0.2, -0.15) is 0 Å². The zero-order valence-corrected chi connectivity index (χ0v) is 16.8. The van der Waals surface area contributed by atoms with Crippen LogP contribution in [0.5, 0.6) is 11.5 Å². The highest BCUT2D eigenvalue weighted by atomic mass is 16.6. The molecule has 0 saturated heterocycles. The van der Waals surface area contributed by atoms with Gasteiger partial charge in [-0.15, -0.1) is 0 Å². The van der Waals surface area contributed by atoms with Crippen LogP contribution < -0.4 is 9.47 Å². The number of hydrogen-bond donors (Lipinski definition) is 0. The van der Waals surface area contributed by atoms with E-state index in [0.29, 0.717) is 12.0 Å². The van der Waals surface area contributed by atoms with Crippen LogP contribution in [-0.2, 0) is 16.7 Å². The maximum Gasteiger partial charge on any atom is 0.338 e. The number of benzene rings is 2. The molecular formula is C24H25NO4. The van der Waals surface area contributed by atoms with E-state index in [-0.39, 0.29) is 23.6 Å². The van der Waals surface area contributed by atoms with E-state index in [1.54, 1.807) is 19.2 Å². The van der Waals surface area contributed by atoms with Crippen LogP contribution in [-0.4, -0.2) is 43.8 Å². The molecule has 2 aromatic carbocycles. The van der Waals surface area contributed by atoms with Crippen molar-refractivity contribution < 1.29 is 19.0 Å². The van der Waals surface area contributed by atoms with Crippen molar-refractivity contribution >= 4 is 5.97 Å². The molecule has 0 fully saturated rings. The predicted molar refractivity (Wildman–Crippen MR) is 109 cm³/mol. The second-order valence-electron chi connectivity index (χ2n) is 8.17. The van der Waals surface area contributed by atoms with E-state index in [1.165, 1.54) is 11.1 Å². The first kappa shape index (κ1) is 18.3. The van der Waals surface area contributed by atoms with Crippen LogP contribution in [0.4, 0.5) is 0 Å². The average Bonchev–Trinajstić information content (AvgIpc) is 3.00. The number of methoxy groups -OCH3 is 1. The van der Waals surface area contributed by atoms with Crippen LogP contribution in [0.15, 0.2) is 54.6 Å². The van der Waals surface area contributed by atoms with E-state index >= 15 is 0 Å². The molecule has 0 N–H and O–H groups in total. The topological polar surface area (TPSA) is 48.0 Å². The van der Waals surface area contributed by atoms with E-state index in [2.05, 4.69) is 24.1 Å². The van der Waals surface area contributed by atoms with Crippen molar-refractivity contribution in [1.82, 2.24) is 4.90 Å². The molecule has 150 valence electrons. The first-order chi connectivity index (χ1) is 14.1. The molecule has 0 unspecified atom stereocenters. The van der Waals surface area contributed by atoms with Crippen LogP contribution in [0.2, 0.25) is 0 Å². The molecule has 2 heterocycles. The SMILES string of the molecule is COc1ccc2c3c1O[C@H]1C[C@H](OC(=O)c4ccccc4)C=C[C@@]31CCN(C)C2. The second-order valence-corrected chi connectivity index (χ2v) is 8.17. The number of hydrogen-bond acceptors (Lipinski definition) is 5. The summed E-state index contributed by atoms with van der Waals surface area (Å²) in [5.74, 6) is 1.32. The highest BCUT2D eigenvalue weighted by Crippen LogP contribution is 2.55. The number of nitrogens with zero attached hydrogens (tertiary/aromatic N) is 1. The minimum atomic E-state index is -0.303. The molecule has 3 atom stereocenters. The van der Waals surface area contributed by atoms with Crippen LogP contribution in [0.1, 0.15) is 34.3 Å². The van der Waals surface area contributed by atoms with Gasteiger partial charge in [0.05, 0.1) is 18.1 Å². The summed E-state index contributed by atoms with van der Waals surface area (Å²) in [5, 5.41) is 0. The van der Waals surface area contributed by atoms with Gasteiger partial charge >= 0.3 is 5.97 Å². The van der Waals surface area contributed by atoms with E-state index in [0.717, 1.165) is 31.0 Å². The summed E-state index contributed by atoms with van der Waals surface area (Å²) in [6, 6.07) is 13.3. The molecule has 5 rings (SSSR count). The number of esters is 1. The summed E-state index contributed by atoms with van der Waals surface area (Å²) in [6.07, 6.45) is 5.50. The van der Waals surface area contributed by atoms with Gasteiger partial charge in [-0.05, 0) is 49.9 Å². The van der Waals surface area contributed by atoms with Crippen LogP contribution in [0, 0.1) is 0 Å². The van der Waals surface area contributed by atoms with Gasteiger partial charge in [0, 0.05) is 18.5 Å². The average molecular weight is 391 g/mol. The molecule has 2 aliphatic heterocycles. The summed E-state index contributed by atoms with van der Waals surface area (Å²) in [7, 11) is 3.83. The smallest absolute Gasteiger partial charge is 0.338 e. The largest absolute Gasteiger partial charge is 0.493 e. The second kappa shape index (κ2) is 6.92. The summed E-state index contributed by atoms with van der Waals surface area (Å²) >= 11 is 0. The molecule has 0 radical (unpaired) electrons. The third-order valence-corrected chi connectivity index (χ3v) is 6.40. The Morgan fingerprint density at radius 3 is 2.83 bits per heavy atom. The lowest BCUT2D eigenvalue weighted by atomic mass is 9.69. The highest BCUT2D eigenvalue weighted by Gasteiger charge is 2.53. The lowest BCUT2D eigenvalue weighted by Gasteiger charge is -2.36. The third kappa shape index (κ3) is 2.92. The Balaban J connectivity index is 1.48. The Labute approximate surface area is 170 Å². The number of carbonyl (C=O) groups excluding carboxylic acids is 1. The molecule has 0 saturated carbocycles. The zero-order chi connectivity index (χ0) is 20.0. The lowest BCUT2D eigenvalue weighted by Crippen LogP contribution is -2.43. The molecule has 2 aromatic rings. The van der Waals surface area contributed by atoms with Gasteiger partial charge in [-0.25, -0.2) is 4.79 Å². The third-order valence-electron chi connectivity index (χ3n) is 6.40. The molecule has 3 aliphatic rings. The van der Waals surface area contributed by atoms with Gasteiger partial charge in [0.15, 0.2) is 11.5 Å². The van der Waals surface area contributed by atoms with Crippen LogP contribution in [0.25, 0.3) is 0 Å². The van der Waals surface area contributed by atoms with Crippen molar-refractivity contribution in [3.05, 3.63) is 71.3 Å². The normalized spacial score (nSPS) is 27.4. The molecule has 29 heavy (non-hydrogen) atoms. The minimum Gasteiger partial charge on any atom is -0.493 e. The number of ether oxygens (including phenoxy) is 3. The molecule has 0 amide bonds. The summed E-state index contributed by atoms with van der Waals surface area (Å²) in [5.41, 5.74) is 2.90. The van der Waals surface area contributed by atoms with E-state index < -0.39 is 0 Å². The standard InChI is InChI=1S/C24H25NO4/c1-25-13-12-24-11-10-18(28-23(26)16-6-4-3-5-7-16)14-20(24)29-22-19(27-2)9-8-17(15-25)21(22)24/h3-11,18,20H,12-15H2,1-2H3/t18-,20+,24+/m1/s1. The van der Waals surface area contributed by atoms with E-state index in [4.69, 9.17) is 14.2 Å². The summed E-state index contributed by atoms with van der Waals surface area (Å²) in [6.45, 7) is 1.87. The van der Waals surface area contributed by atoms with Gasteiger partial charge in [0.2, 0.25) is 0 Å². The van der Waals surface area contributed by atoms with Crippen molar-refractivity contribution in [2.75, 3.05) is 20.7 Å². The molecule has 1 aliphatic carbocycles. The van der Waals surface area contributed by atoms with Gasteiger partial charge < -0.3 is 19.1 Å². The molecule has 5 nitrogen and oxygen atoms in total. The molecule has 0 aromatic heterocycles. The van der Waals surface area contributed by atoms with Gasteiger partial charge in [0.25, 0.3) is 0 Å². The highest BCUT2D eigenvalue weighted by molar-refractivity contribution is 5.89. The molecule has 0 bridgehead atoms. The maximum atomic E-state index is 12.5. The van der Waals surface area contributed by atoms with Crippen LogP contribution >= 0.6 is 0 Å². The van der Waals surface area contributed by atoms with Gasteiger partial charge in [-0.1, -0.05) is 30.3 Å². The monoisotopic (exact) mass is 391 g/mol. The van der Waals surface area contributed by atoms with Crippen molar-refractivity contribution in [3.63, 3.8) is 0 Å². The number of rotatable bonds is 3. The number of carbonyl (C=O) groups is 1. The van der Waals surface area contributed by atoms with Crippen molar-refractivity contribution in [1.29, 1.82) is 0 Å². The van der Waals surface area contributed by atoms with Crippen molar-refractivity contribution in [2.24, 2.45) is 0 Å². The fourth-order valence-electron chi connectivity index (χ4n) is 4.93. The Morgan fingerprint density at radius 2 is 2.03 bits per heavy atom. The van der Waals surface area contributed by atoms with Crippen LogP contribution in [0.3, 0.4) is 0 Å². The predicted octanol–water partition coefficient (Wildman–Crippen LogP) is 3.72. The fraction of sp³-hybridized carbons (Fsp3) is 0.375. The molecular weight excluding hydrogens is 366 g/mol. The van der Waals surface area contributed by atoms with Crippen molar-refractivity contribution in [2.45, 2.75) is 37.0 Å². The molecule has 1 spiro atoms. The summed E-state index contributed by atoms with van der Waals surface area (Å²) in [4.78, 5) is 14.9. The van der Waals surface area contributed by atoms with E-state index in [9.17, 15) is 4.79 Å². The van der Waals surface area contributed by atoms with Gasteiger partial charge in [0.1, 0.15) is 12.2 Å². The lowest BCUT2D eigenvalue weighted by molar-refractivity contribution is 0.0218. The Kier molecular flexibility index (Phi) is 4.36. The maximum absolute atomic E-state index is 12.5. The Hall–Kier alpha value is -2.79. The summed E-state index contributed by atoms with van der Waals surface area (Å²) < 4.78 is 17.9. The zero-order valence-electron chi connectivity index (χ0n) is 16.8. The quantitative estimate of drug-likeness (QED) is 0.590.